The van der Waals surface area contributed by atoms with Crippen LogP contribution in [0.15, 0.2) is 58.1 Å². The number of hydrazone groups is 1. The molecule has 20 heavy (non-hydrogen) atoms. The van der Waals surface area contributed by atoms with Crippen LogP contribution in [0.25, 0.3) is 0 Å². The molecule has 0 spiro atoms. The van der Waals surface area contributed by atoms with E-state index in [1.54, 1.807) is 12.1 Å². The van der Waals surface area contributed by atoms with Crippen LogP contribution in [0.1, 0.15) is 11.1 Å². The van der Waals surface area contributed by atoms with Crippen LogP contribution in [0, 0.1) is 0 Å². The first kappa shape index (κ1) is 14.6. The highest BCUT2D eigenvalue weighted by Crippen LogP contribution is 2.34. The van der Waals surface area contributed by atoms with Crippen LogP contribution >= 0.6 is 15.9 Å². The standard InChI is InChI=1S/C14H10BrF3N2/c15-11-5-3-4-10(8-11)9-19-20-13-7-2-1-6-12(13)14(16,17)18/h1-9,20H/b19-9+. The summed E-state index contributed by atoms with van der Waals surface area (Å²) in [6, 6.07) is 12.5. The van der Waals surface area contributed by atoms with Crippen molar-refractivity contribution in [1.82, 2.24) is 0 Å². The number of benzene rings is 2. The van der Waals surface area contributed by atoms with Gasteiger partial charge in [0.2, 0.25) is 0 Å². The minimum absolute atomic E-state index is 0.0775. The topological polar surface area (TPSA) is 24.4 Å². The van der Waals surface area contributed by atoms with Crippen molar-refractivity contribution in [3.05, 3.63) is 64.1 Å². The predicted octanol–water partition coefficient (Wildman–Crippen LogP) is 4.91. The van der Waals surface area contributed by atoms with Gasteiger partial charge in [-0.15, -0.1) is 0 Å². The summed E-state index contributed by atoms with van der Waals surface area (Å²) in [7, 11) is 0. The molecule has 0 bridgehead atoms. The normalized spacial score (nSPS) is 11.8. The molecule has 0 amide bonds. The summed E-state index contributed by atoms with van der Waals surface area (Å²) in [5.41, 5.74) is 2.37. The summed E-state index contributed by atoms with van der Waals surface area (Å²) in [5.74, 6) is 0. The number of nitrogens with zero attached hydrogens (tertiary/aromatic N) is 1. The minimum Gasteiger partial charge on any atom is -0.278 e. The first-order valence-corrected chi connectivity index (χ1v) is 6.47. The Labute approximate surface area is 122 Å². The van der Waals surface area contributed by atoms with Crippen LogP contribution in [-0.2, 0) is 6.18 Å². The predicted molar refractivity (Wildman–Crippen MR) is 76.8 cm³/mol. The summed E-state index contributed by atoms with van der Waals surface area (Å²) in [6.07, 6.45) is -2.95. The van der Waals surface area contributed by atoms with Crippen molar-refractivity contribution in [2.45, 2.75) is 6.18 Å². The molecule has 2 aromatic carbocycles. The Morgan fingerprint density at radius 2 is 1.80 bits per heavy atom. The van der Waals surface area contributed by atoms with E-state index >= 15 is 0 Å². The van der Waals surface area contributed by atoms with Crippen LogP contribution < -0.4 is 5.43 Å². The van der Waals surface area contributed by atoms with E-state index < -0.39 is 11.7 Å². The number of rotatable bonds is 3. The maximum absolute atomic E-state index is 12.8. The van der Waals surface area contributed by atoms with Gasteiger partial charge in [0.15, 0.2) is 0 Å². The van der Waals surface area contributed by atoms with Crippen molar-refractivity contribution in [2.24, 2.45) is 5.10 Å². The van der Waals surface area contributed by atoms with Crippen molar-refractivity contribution in [2.75, 3.05) is 5.43 Å². The molecule has 2 nitrogen and oxygen atoms in total. The molecule has 0 fully saturated rings. The lowest BCUT2D eigenvalue weighted by molar-refractivity contribution is -0.136. The van der Waals surface area contributed by atoms with Crippen molar-refractivity contribution in [1.29, 1.82) is 0 Å². The third kappa shape index (κ3) is 3.84. The lowest BCUT2D eigenvalue weighted by Gasteiger charge is -2.11. The molecule has 0 radical (unpaired) electrons. The van der Waals surface area contributed by atoms with E-state index in [1.165, 1.54) is 24.4 Å². The molecular weight excluding hydrogens is 333 g/mol. The molecule has 0 unspecified atom stereocenters. The van der Waals surface area contributed by atoms with E-state index in [0.29, 0.717) is 0 Å². The van der Waals surface area contributed by atoms with Crippen molar-refractivity contribution >= 4 is 27.8 Å². The van der Waals surface area contributed by atoms with Gasteiger partial charge < -0.3 is 0 Å². The lowest BCUT2D eigenvalue weighted by atomic mass is 10.2. The van der Waals surface area contributed by atoms with Crippen molar-refractivity contribution in [3.63, 3.8) is 0 Å². The molecule has 2 rings (SSSR count). The highest BCUT2D eigenvalue weighted by molar-refractivity contribution is 9.10. The van der Waals surface area contributed by atoms with E-state index in [-0.39, 0.29) is 5.69 Å². The summed E-state index contributed by atoms with van der Waals surface area (Å²) in [5, 5.41) is 3.83. The SMILES string of the molecule is FC(F)(F)c1ccccc1N/N=C/c1cccc(Br)c1. The number of halogens is 4. The van der Waals surface area contributed by atoms with Crippen molar-refractivity contribution in [3.8, 4) is 0 Å². The first-order valence-electron chi connectivity index (χ1n) is 5.68. The molecule has 0 saturated carbocycles. The van der Waals surface area contributed by atoms with Gasteiger partial charge in [0, 0.05) is 4.47 Å². The van der Waals surface area contributed by atoms with E-state index in [4.69, 9.17) is 0 Å². The molecule has 0 aliphatic carbocycles. The summed E-state index contributed by atoms with van der Waals surface area (Å²) < 4.78 is 39.1. The second-order valence-corrected chi connectivity index (χ2v) is 4.88. The zero-order valence-electron chi connectivity index (χ0n) is 10.2. The van der Waals surface area contributed by atoms with E-state index in [2.05, 4.69) is 26.5 Å². The zero-order valence-corrected chi connectivity index (χ0v) is 11.7. The largest absolute Gasteiger partial charge is 0.418 e. The van der Waals surface area contributed by atoms with E-state index in [9.17, 15) is 13.2 Å². The van der Waals surface area contributed by atoms with Crippen LogP contribution in [-0.4, -0.2) is 6.21 Å². The van der Waals surface area contributed by atoms with Crippen molar-refractivity contribution < 1.29 is 13.2 Å². The van der Waals surface area contributed by atoms with Crippen LogP contribution in [0.5, 0.6) is 0 Å². The number of para-hydroxylation sites is 1. The monoisotopic (exact) mass is 342 g/mol. The Morgan fingerprint density at radius 1 is 1.05 bits per heavy atom. The van der Waals surface area contributed by atoms with Gasteiger partial charge >= 0.3 is 6.18 Å². The van der Waals surface area contributed by atoms with Crippen LogP contribution in [0.4, 0.5) is 18.9 Å². The second kappa shape index (κ2) is 6.09. The molecule has 2 aromatic rings. The Morgan fingerprint density at radius 3 is 2.50 bits per heavy atom. The number of hydrogen-bond donors (Lipinski definition) is 1. The average Bonchev–Trinajstić information content (AvgIpc) is 2.38. The molecule has 0 aromatic heterocycles. The number of nitrogens with one attached hydrogen (secondary N) is 1. The fourth-order valence-corrected chi connectivity index (χ4v) is 2.01. The maximum atomic E-state index is 12.8. The van der Waals surface area contributed by atoms with Crippen LogP contribution in [0.2, 0.25) is 0 Å². The first-order chi connectivity index (χ1) is 9.47. The highest BCUT2D eigenvalue weighted by atomic mass is 79.9. The molecule has 6 heteroatoms. The number of alkyl halides is 3. The molecule has 0 saturated heterocycles. The smallest absolute Gasteiger partial charge is 0.278 e. The summed E-state index contributed by atoms with van der Waals surface area (Å²) >= 11 is 3.31. The summed E-state index contributed by atoms with van der Waals surface area (Å²) in [4.78, 5) is 0. The minimum atomic E-state index is -4.41. The Kier molecular flexibility index (Phi) is 4.44. The van der Waals surface area contributed by atoms with Gasteiger partial charge in [0.1, 0.15) is 0 Å². The average molecular weight is 343 g/mol. The lowest BCUT2D eigenvalue weighted by Crippen LogP contribution is -2.08. The van der Waals surface area contributed by atoms with Gasteiger partial charge in [0.25, 0.3) is 0 Å². The van der Waals surface area contributed by atoms with Gasteiger partial charge in [-0.05, 0) is 29.8 Å². The molecule has 1 N–H and O–H groups in total. The van der Waals surface area contributed by atoms with Gasteiger partial charge in [-0.2, -0.15) is 18.3 Å². The van der Waals surface area contributed by atoms with Gasteiger partial charge in [-0.3, -0.25) is 5.43 Å². The van der Waals surface area contributed by atoms with E-state index in [0.717, 1.165) is 16.1 Å². The van der Waals surface area contributed by atoms with Gasteiger partial charge in [-0.25, -0.2) is 0 Å². The summed E-state index contributed by atoms with van der Waals surface area (Å²) in [6.45, 7) is 0. The van der Waals surface area contributed by atoms with Gasteiger partial charge in [0.05, 0.1) is 17.5 Å². The third-order valence-electron chi connectivity index (χ3n) is 2.48. The zero-order chi connectivity index (χ0) is 14.6. The second-order valence-electron chi connectivity index (χ2n) is 3.97. The van der Waals surface area contributed by atoms with Gasteiger partial charge in [-0.1, -0.05) is 40.2 Å². The molecular formula is C14H10BrF3N2. The Bertz CT molecular complexity index is 624. The Balaban J connectivity index is 2.16. The van der Waals surface area contributed by atoms with Crippen LogP contribution in [0.3, 0.4) is 0 Å². The number of anilines is 1. The fraction of sp³-hybridized carbons (Fsp3) is 0.0714. The number of hydrogen-bond acceptors (Lipinski definition) is 2. The molecule has 0 heterocycles. The molecule has 0 atom stereocenters. The maximum Gasteiger partial charge on any atom is 0.418 e. The quantitative estimate of drug-likeness (QED) is 0.621. The van der Waals surface area contributed by atoms with E-state index in [1.807, 2.05) is 12.1 Å². The third-order valence-corrected chi connectivity index (χ3v) is 2.97. The highest BCUT2D eigenvalue weighted by Gasteiger charge is 2.33. The molecule has 0 aliphatic rings. The molecule has 104 valence electrons. The molecule has 0 aliphatic heterocycles. The fourth-order valence-electron chi connectivity index (χ4n) is 1.59. The Hall–Kier alpha value is -1.82.